The van der Waals surface area contributed by atoms with Crippen molar-refractivity contribution in [2.24, 2.45) is 5.41 Å². The molecule has 0 aromatic heterocycles. The number of amides is 1. The molecule has 2 rings (SSSR count). The summed E-state index contributed by atoms with van der Waals surface area (Å²) in [7, 11) is 1.58. The molecule has 0 bridgehead atoms. The largest absolute Gasteiger partial charge is 0.497 e. The fourth-order valence-electron chi connectivity index (χ4n) is 1.74. The molecule has 0 heterocycles. The molecule has 1 aliphatic rings. The van der Waals surface area contributed by atoms with Crippen LogP contribution in [-0.2, 0) is 4.79 Å². The fraction of sp³-hybridized carbons (Fsp3) is 0.500. The minimum atomic E-state index is -0.178. The van der Waals surface area contributed by atoms with Crippen LogP contribution >= 0.6 is 0 Å². The Kier molecular flexibility index (Phi) is 4.27. The number of hydrogen-bond acceptors (Lipinski definition) is 4. The highest BCUT2D eigenvalue weighted by Crippen LogP contribution is 2.44. The first-order chi connectivity index (χ1) is 9.17. The van der Waals surface area contributed by atoms with Gasteiger partial charge in [-0.1, -0.05) is 6.07 Å². The average Bonchev–Trinajstić information content (AvgIpc) is 3.24. The highest BCUT2D eigenvalue weighted by atomic mass is 16.5. The number of ether oxygens (including phenoxy) is 2. The molecular formula is C14H19NO4. The number of benzene rings is 1. The van der Waals surface area contributed by atoms with Crippen LogP contribution in [0.15, 0.2) is 24.3 Å². The van der Waals surface area contributed by atoms with Crippen molar-refractivity contribution in [3.8, 4) is 11.5 Å². The Morgan fingerprint density at radius 1 is 1.42 bits per heavy atom. The van der Waals surface area contributed by atoms with Gasteiger partial charge in [0.15, 0.2) is 6.61 Å². The lowest BCUT2D eigenvalue weighted by atomic mass is 10.1. The van der Waals surface area contributed by atoms with E-state index in [4.69, 9.17) is 14.6 Å². The van der Waals surface area contributed by atoms with Crippen LogP contribution in [0, 0.1) is 5.41 Å². The van der Waals surface area contributed by atoms with Crippen LogP contribution in [0.25, 0.3) is 0 Å². The lowest BCUT2D eigenvalue weighted by molar-refractivity contribution is -0.123. The molecule has 0 aliphatic heterocycles. The number of methoxy groups -OCH3 is 1. The number of aliphatic hydroxyl groups excluding tert-OH is 1. The molecule has 0 unspecified atom stereocenters. The highest BCUT2D eigenvalue weighted by molar-refractivity contribution is 5.77. The molecule has 2 N–H and O–H groups in total. The first kappa shape index (κ1) is 13.7. The van der Waals surface area contributed by atoms with Gasteiger partial charge in [-0.15, -0.1) is 0 Å². The van der Waals surface area contributed by atoms with Crippen molar-refractivity contribution in [2.75, 3.05) is 26.9 Å². The number of rotatable bonds is 7. The summed E-state index contributed by atoms with van der Waals surface area (Å²) >= 11 is 0. The maximum absolute atomic E-state index is 11.6. The minimum Gasteiger partial charge on any atom is -0.497 e. The first-order valence-electron chi connectivity index (χ1n) is 6.32. The van der Waals surface area contributed by atoms with Crippen molar-refractivity contribution in [3.05, 3.63) is 24.3 Å². The van der Waals surface area contributed by atoms with Gasteiger partial charge in [0.1, 0.15) is 11.5 Å². The van der Waals surface area contributed by atoms with Crippen LogP contribution in [0.1, 0.15) is 12.8 Å². The highest BCUT2D eigenvalue weighted by Gasteiger charge is 2.42. The van der Waals surface area contributed by atoms with Crippen molar-refractivity contribution < 1.29 is 19.4 Å². The molecule has 0 saturated heterocycles. The van der Waals surface area contributed by atoms with Crippen LogP contribution < -0.4 is 14.8 Å². The number of hydrogen-bond donors (Lipinski definition) is 2. The van der Waals surface area contributed by atoms with Crippen LogP contribution in [0.2, 0.25) is 0 Å². The van der Waals surface area contributed by atoms with Crippen LogP contribution in [0.4, 0.5) is 0 Å². The molecule has 0 atom stereocenters. The van der Waals surface area contributed by atoms with Gasteiger partial charge < -0.3 is 19.9 Å². The molecule has 0 spiro atoms. The van der Waals surface area contributed by atoms with Crippen molar-refractivity contribution in [2.45, 2.75) is 12.8 Å². The second-order valence-corrected chi connectivity index (χ2v) is 4.90. The molecule has 1 aromatic rings. The molecule has 1 fully saturated rings. The van der Waals surface area contributed by atoms with Gasteiger partial charge in [0.25, 0.3) is 5.91 Å². The molecule has 1 amide bonds. The van der Waals surface area contributed by atoms with E-state index >= 15 is 0 Å². The van der Waals surface area contributed by atoms with E-state index in [-0.39, 0.29) is 24.5 Å². The summed E-state index contributed by atoms with van der Waals surface area (Å²) in [6.07, 6.45) is 1.95. The number of aliphatic hydroxyl groups is 1. The van der Waals surface area contributed by atoms with E-state index in [1.165, 1.54) is 0 Å². The molecule has 104 valence electrons. The smallest absolute Gasteiger partial charge is 0.257 e. The molecular weight excluding hydrogens is 246 g/mol. The second-order valence-electron chi connectivity index (χ2n) is 4.90. The summed E-state index contributed by atoms with van der Waals surface area (Å²) in [4.78, 5) is 11.6. The maximum Gasteiger partial charge on any atom is 0.257 e. The van der Waals surface area contributed by atoms with Gasteiger partial charge in [-0.05, 0) is 25.0 Å². The van der Waals surface area contributed by atoms with Crippen LogP contribution in [-0.4, -0.2) is 37.9 Å². The zero-order valence-corrected chi connectivity index (χ0v) is 11.0. The Morgan fingerprint density at radius 3 is 2.79 bits per heavy atom. The predicted molar refractivity (Wildman–Crippen MR) is 70.3 cm³/mol. The van der Waals surface area contributed by atoms with E-state index in [0.29, 0.717) is 18.0 Å². The maximum atomic E-state index is 11.6. The third-order valence-electron chi connectivity index (χ3n) is 3.36. The fourth-order valence-corrected chi connectivity index (χ4v) is 1.74. The SMILES string of the molecule is COc1cccc(OCC(=O)NCC2(CO)CC2)c1. The van der Waals surface area contributed by atoms with Gasteiger partial charge in [0.05, 0.1) is 13.7 Å². The van der Waals surface area contributed by atoms with Crippen molar-refractivity contribution in [1.29, 1.82) is 0 Å². The molecule has 1 aromatic carbocycles. The van der Waals surface area contributed by atoms with E-state index in [1.807, 2.05) is 6.07 Å². The summed E-state index contributed by atoms with van der Waals surface area (Å²) in [6, 6.07) is 7.11. The molecule has 5 nitrogen and oxygen atoms in total. The van der Waals surface area contributed by atoms with Gasteiger partial charge in [-0.2, -0.15) is 0 Å². The Hall–Kier alpha value is -1.75. The van der Waals surface area contributed by atoms with Crippen LogP contribution in [0.5, 0.6) is 11.5 Å². The molecule has 1 saturated carbocycles. The normalized spacial score (nSPS) is 15.7. The topological polar surface area (TPSA) is 67.8 Å². The Morgan fingerprint density at radius 2 is 2.16 bits per heavy atom. The third-order valence-corrected chi connectivity index (χ3v) is 3.36. The van der Waals surface area contributed by atoms with Crippen molar-refractivity contribution >= 4 is 5.91 Å². The second kappa shape index (κ2) is 5.93. The Bertz CT molecular complexity index is 443. The summed E-state index contributed by atoms with van der Waals surface area (Å²) in [5, 5.41) is 11.9. The molecule has 19 heavy (non-hydrogen) atoms. The van der Waals surface area contributed by atoms with Gasteiger partial charge >= 0.3 is 0 Å². The van der Waals surface area contributed by atoms with E-state index in [1.54, 1.807) is 25.3 Å². The predicted octanol–water partition coefficient (Wildman–Crippen LogP) is 0.963. The van der Waals surface area contributed by atoms with Gasteiger partial charge in [0.2, 0.25) is 0 Å². The zero-order valence-electron chi connectivity index (χ0n) is 11.0. The minimum absolute atomic E-state index is 0.0331. The lowest BCUT2D eigenvalue weighted by Gasteiger charge is -2.13. The summed E-state index contributed by atoms with van der Waals surface area (Å²) in [6.45, 7) is 0.614. The monoisotopic (exact) mass is 265 g/mol. The van der Waals surface area contributed by atoms with Crippen molar-refractivity contribution in [1.82, 2.24) is 5.32 Å². The lowest BCUT2D eigenvalue weighted by Crippen LogP contribution is -2.35. The van der Waals surface area contributed by atoms with E-state index in [2.05, 4.69) is 5.32 Å². The Labute approximate surface area is 112 Å². The first-order valence-corrected chi connectivity index (χ1v) is 6.32. The molecule has 5 heteroatoms. The molecule has 1 aliphatic carbocycles. The summed E-state index contributed by atoms with van der Waals surface area (Å²) in [5.74, 6) is 1.11. The standard InChI is InChI=1S/C14H19NO4/c1-18-11-3-2-4-12(7-11)19-8-13(17)15-9-14(10-16)5-6-14/h2-4,7,16H,5-6,8-10H2,1H3,(H,15,17). The average molecular weight is 265 g/mol. The Balaban J connectivity index is 1.73. The third kappa shape index (κ3) is 3.86. The van der Waals surface area contributed by atoms with E-state index in [9.17, 15) is 4.79 Å². The van der Waals surface area contributed by atoms with Crippen LogP contribution in [0.3, 0.4) is 0 Å². The van der Waals surface area contributed by atoms with Gasteiger partial charge in [-0.25, -0.2) is 0 Å². The zero-order chi connectivity index (χ0) is 13.7. The summed E-state index contributed by atoms with van der Waals surface area (Å²) < 4.78 is 10.4. The van der Waals surface area contributed by atoms with Crippen molar-refractivity contribution in [3.63, 3.8) is 0 Å². The van der Waals surface area contributed by atoms with Gasteiger partial charge in [0, 0.05) is 18.0 Å². The molecule has 0 radical (unpaired) electrons. The van der Waals surface area contributed by atoms with E-state index in [0.717, 1.165) is 12.8 Å². The quantitative estimate of drug-likeness (QED) is 0.770. The summed E-state index contributed by atoms with van der Waals surface area (Å²) in [5.41, 5.74) is -0.0778. The van der Waals surface area contributed by atoms with E-state index < -0.39 is 0 Å². The number of carbonyl (C=O) groups is 1. The number of carbonyl (C=O) groups excluding carboxylic acids is 1. The van der Waals surface area contributed by atoms with Gasteiger partial charge in [-0.3, -0.25) is 4.79 Å². The number of nitrogens with one attached hydrogen (secondary N) is 1.